The minimum absolute atomic E-state index is 0.691. The lowest BCUT2D eigenvalue weighted by molar-refractivity contribution is 0.726. The highest BCUT2D eigenvalue weighted by molar-refractivity contribution is 5.44. The van der Waals surface area contributed by atoms with Gasteiger partial charge in [0, 0.05) is 17.3 Å². The van der Waals surface area contributed by atoms with Gasteiger partial charge in [-0.15, -0.1) is 0 Å². The first-order chi connectivity index (χ1) is 8.18. The largest absolute Gasteiger partial charge is 0.257 e. The monoisotopic (exact) mass is 231 g/mol. The third-order valence-electron chi connectivity index (χ3n) is 4.21. The molecular formula is C16H25N. The summed E-state index contributed by atoms with van der Waals surface area (Å²) in [5, 5.41) is 0. The Morgan fingerprint density at radius 2 is 1.59 bits per heavy atom. The van der Waals surface area contributed by atoms with Crippen molar-refractivity contribution in [3.8, 4) is 0 Å². The molecule has 1 nitrogen and oxygen atoms in total. The van der Waals surface area contributed by atoms with Gasteiger partial charge < -0.3 is 0 Å². The first kappa shape index (κ1) is 12.6. The second kappa shape index (κ2) is 4.80. The molecule has 17 heavy (non-hydrogen) atoms. The van der Waals surface area contributed by atoms with Gasteiger partial charge in [0.05, 0.1) is 0 Å². The molecule has 0 spiro atoms. The molecule has 2 aliphatic rings. The molecule has 1 heteroatoms. The molecular weight excluding hydrogens is 206 g/mol. The number of hydrogen-bond donors (Lipinski definition) is 0. The minimum atomic E-state index is 0.691. The molecule has 1 saturated carbocycles. The van der Waals surface area contributed by atoms with Crippen molar-refractivity contribution >= 4 is 0 Å². The van der Waals surface area contributed by atoms with E-state index in [0.717, 1.165) is 5.92 Å². The van der Waals surface area contributed by atoms with Crippen LogP contribution in [0.4, 0.5) is 0 Å². The first-order valence-electron chi connectivity index (χ1n) is 7.18. The van der Waals surface area contributed by atoms with Gasteiger partial charge in [0.2, 0.25) is 0 Å². The zero-order valence-electron chi connectivity index (χ0n) is 11.9. The van der Waals surface area contributed by atoms with Gasteiger partial charge in [-0.3, -0.25) is 4.98 Å². The van der Waals surface area contributed by atoms with E-state index in [4.69, 9.17) is 4.98 Å². The van der Waals surface area contributed by atoms with Crippen molar-refractivity contribution in [1.29, 1.82) is 0 Å². The van der Waals surface area contributed by atoms with Gasteiger partial charge in [0.25, 0.3) is 0 Å². The Bertz CT molecular complexity index is 415. The van der Waals surface area contributed by atoms with E-state index >= 15 is 0 Å². The number of pyridine rings is 1. The Balaban J connectivity index is 0.000000514. The van der Waals surface area contributed by atoms with E-state index < -0.39 is 0 Å². The topological polar surface area (TPSA) is 12.9 Å². The fourth-order valence-corrected chi connectivity index (χ4v) is 2.87. The average Bonchev–Trinajstić information content (AvgIpc) is 3.12. The number of hydrogen-bond acceptors (Lipinski definition) is 1. The smallest absolute Gasteiger partial charge is 0.0470 e. The normalized spacial score (nSPS) is 21.8. The SMILES string of the molecule is CC.Cc1c(C2CC2)nc2c(c1C)CCC2C. The zero-order chi connectivity index (χ0) is 12.6. The zero-order valence-corrected chi connectivity index (χ0v) is 11.9. The third kappa shape index (κ3) is 2.12. The molecule has 1 unspecified atom stereocenters. The van der Waals surface area contributed by atoms with Crippen molar-refractivity contribution in [2.75, 3.05) is 0 Å². The number of fused-ring (bicyclic) bond motifs is 1. The Kier molecular flexibility index (Phi) is 3.56. The standard InChI is InChI=1S/C14H19N.C2H6/c1-8-4-7-12-9(2)10(3)14(11-5-6-11)15-13(8)12;1-2/h8,11H,4-7H2,1-3H3;1-2H3. The van der Waals surface area contributed by atoms with Crippen LogP contribution in [0, 0.1) is 13.8 Å². The van der Waals surface area contributed by atoms with Crippen LogP contribution in [-0.2, 0) is 6.42 Å². The highest BCUT2D eigenvalue weighted by atomic mass is 14.8. The van der Waals surface area contributed by atoms with Gasteiger partial charge in [-0.1, -0.05) is 20.8 Å². The van der Waals surface area contributed by atoms with Crippen LogP contribution < -0.4 is 0 Å². The van der Waals surface area contributed by atoms with E-state index in [-0.39, 0.29) is 0 Å². The predicted molar refractivity (Wildman–Crippen MR) is 73.8 cm³/mol. The molecule has 3 rings (SSSR count). The van der Waals surface area contributed by atoms with Crippen LogP contribution in [-0.4, -0.2) is 4.98 Å². The number of rotatable bonds is 1. The molecule has 0 aliphatic heterocycles. The maximum Gasteiger partial charge on any atom is 0.0470 e. The lowest BCUT2D eigenvalue weighted by Gasteiger charge is -2.13. The van der Waals surface area contributed by atoms with E-state index in [9.17, 15) is 0 Å². The second-order valence-corrected chi connectivity index (χ2v) is 5.32. The quantitative estimate of drug-likeness (QED) is 0.685. The van der Waals surface area contributed by atoms with Crippen LogP contribution in [0.25, 0.3) is 0 Å². The van der Waals surface area contributed by atoms with Crippen LogP contribution in [0.2, 0.25) is 0 Å². The fraction of sp³-hybridized carbons (Fsp3) is 0.688. The summed E-state index contributed by atoms with van der Waals surface area (Å²) in [7, 11) is 0. The van der Waals surface area contributed by atoms with Gasteiger partial charge in [0.15, 0.2) is 0 Å². The second-order valence-electron chi connectivity index (χ2n) is 5.32. The van der Waals surface area contributed by atoms with Crippen molar-refractivity contribution in [2.24, 2.45) is 0 Å². The summed E-state index contributed by atoms with van der Waals surface area (Å²) in [6.45, 7) is 10.9. The summed E-state index contributed by atoms with van der Waals surface area (Å²) in [5.74, 6) is 1.48. The third-order valence-corrected chi connectivity index (χ3v) is 4.21. The van der Waals surface area contributed by atoms with Gasteiger partial charge in [0.1, 0.15) is 0 Å². The van der Waals surface area contributed by atoms with Crippen molar-refractivity contribution in [3.63, 3.8) is 0 Å². The van der Waals surface area contributed by atoms with Gasteiger partial charge in [-0.2, -0.15) is 0 Å². The Morgan fingerprint density at radius 1 is 0.941 bits per heavy atom. The molecule has 1 fully saturated rings. The Morgan fingerprint density at radius 3 is 2.18 bits per heavy atom. The minimum Gasteiger partial charge on any atom is -0.257 e. The Hall–Kier alpha value is -0.850. The van der Waals surface area contributed by atoms with Gasteiger partial charge >= 0.3 is 0 Å². The fourth-order valence-electron chi connectivity index (χ4n) is 2.87. The summed E-state index contributed by atoms with van der Waals surface area (Å²) in [5.41, 5.74) is 7.40. The predicted octanol–water partition coefficient (Wildman–Crippen LogP) is 4.65. The van der Waals surface area contributed by atoms with Crippen molar-refractivity contribution in [2.45, 2.75) is 72.1 Å². The molecule has 1 aromatic heterocycles. The maximum atomic E-state index is 4.96. The van der Waals surface area contributed by atoms with E-state index in [2.05, 4.69) is 20.8 Å². The molecule has 0 N–H and O–H groups in total. The van der Waals surface area contributed by atoms with E-state index in [1.807, 2.05) is 13.8 Å². The molecule has 0 radical (unpaired) electrons. The summed E-state index contributed by atoms with van der Waals surface area (Å²) in [4.78, 5) is 4.96. The molecule has 0 saturated heterocycles. The summed E-state index contributed by atoms with van der Waals surface area (Å²) in [6.07, 6.45) is 5.28. The molecule has 0 bridgehead atoms. The van der Waals surface area contributed by atoms with Crippen molar-refractivity contribution < 1.29 is 0 Å². The molecule has 94 valence electrons. The van der Waals surface area contributed by atoms with Crippen LogP contribution in [0.5, 0.6) is 0 Å². The van der Waals surface area contributed by atoms with Crippen LogP contribution in [0.3, 0.4) is 0 Å². The Labute approximate surface area is 106 Å². The lowest BCUT2D eigenvalue weighted by Crippen LogP contribution is -2.03. The summed E-state index contributed by atoms with van der Waals surface area (Å²) >= 11 is 0. The highest BCUT2D eigenvalue weighted by Gasteiger charge is 2.31. The van der Waals surface area contributed by atoms with E-state index in [0.29, 0.717) is 5.92 Å². The number of nitrogens with zero attached hydrogens (tertiary/aromatic N) is 1. The lowest BCUT2D eigenvalue weighted by atomic mass is 9.98. The van der Waals surface area contributed by atoms with Crippen molar-refractivity contribution in [3.05, 3.63) is 28.1 Å². The highest BCUT2D eigenvalue weighted by Crippen LogP contribution is 2.44. The molecule has 1 atom stereocenters. The number of aromatic nitrogens is 1. The molecule has 0 aromatic carbocycles. The van der Waals surface area contributed by atoms with Crippen LogP contribution >= 0.6 is 0 Å². The maximum absolute atomic E-state index is 4.96. The summed E-state index contributed by atoms with van der Waals surface area (Å²) in [6, 6.07) is 0. The average molecular weight is 231 g/mol. The van der Waals surface area contributed by atoms with Crippen LogP contribution in [0.15, 0.2) is 0 Å². The van der Waals surface area contributed by atoms with Crippen molar-refractivity contribution in [1.82, 2.24) is 4.98 Å². The summed E-state index contributed by atoms with van der Waals surface area (Å²) < 4.78 is 0. The molecule has 1 heterocycles. The first-order valence-corrected chi connectivity index (χ1v) is 7.18. The molecule has 1 aromatic rings. The van der Waals surface area contributed by atoms with Crippen LogP contribution in [0.1, 0.15) is 79.9 Å². The van der Waals surface area contributed by atoms with Gasteiger partial charge in [-0.05, 0) is 62.1 Å². The van der Waals surface area contributed by atoms with E-state index in [1.165, 1.54) is 48.2 Å². The van der Waals surface area contributed by atoms with E-state index in [1.54, 1.807) is 5.56 Å². The van der Waals surface area contributed by atoms with Gasteiger partial charge in [-0.25, -0.2) is 0 Å². The molecule has 0 amide bonds. The molecule has 2 aliphatic carbocycles.